The maximum atomic E-state index is 13.4. The molecule has 0 saturated heterocycles. The summed E-state index contributed by atoms with van der Waals surface area (Å²) in [5.41, 5.74) is 0.878. The van der Waals surface area contributed by atoms with Gasteiger partial charge in [0, 0.05) is 10.8 Å². The van der Waals surface area contributed by atoms with Gasteiger partial charge in [0.2, 0.25) is 0 Å². The first-order chi connectivity index (χ1) is 7.63. The van der Waals surface area contributed by atoms with Crippen LogP contribution >= 0.6 is 11.8 Å². The van der Waals surface area contributed by atoms with Gasteiger partial charge in [-0.15, -0.1) is 0 Å². The Hall–Kier alpha value is -0.970. The van der Waals surface area contributed by atoms with Crippen LogP contribution in [0.5, 0.6) is 0 Å². The molecule has 5 heteroatoms. The predicted octanol–water partition coefficient (Wildman–Crippen LogP) is 3.37. The first-order valence-electron chi connectivity index (χ1n) is 4.85. The van der Waals surface area contributed by atoms with E-state index in [9.17, 15) is 18.0 Å². The fourth-order valence-corrected chi connectivity index (χ4v) is 2.80. The number of carbonyl (C=O) groups excluding carboxylic acids is 1. The van der Waals surface area contributed by atoms with Crippen LogP contribution in [-0.4, -0.2) is 12.0 Å². The van der Waals surface area contributed by atoms with Crippen molar-refractivity contribution < 1.29 is 18.0 Å². The van der Waals surface area contributed by atoms with Gasteiger partial charge in [-0.05, 0) is 36.1 Å². The normalized spacial score (nSPS) is 18.9. The van der Waals surface area contributed by atoms with E-state index in [1.807, 2.05) is 0 Å². The number of aldehydes is 1. The minimum Gasteiger partial charge on any atom is -0.303 e. The third kappa shape index (κ3) is 1.96. The largest absolute Gasteiger partial charge is 0.303 e. The van der Waals surface area contributed by atoms with E-state index in [-0.39, 0.29) is 0 Å². The molecule has 0 amide bonds. The van der Waals surface area contributed by atoms with E-state index in [2.05, 4.69) is 0 Å². The highest BCUT2D eigenvalue weighted by atomic mass is 32.2. The van der Waals surface area contributed by atoms with Crippen molar-refractivity contribution in [2.24, 2.45) is 0 Å². The van der Waals surface area contributed by atoms with Crippen molar-refractivity contribution in [3.63, 3.8) is 0 Å². The van der Waals surface area contributed by atoms with Crippen molar-refractivity contribution in [1.82, 2.24) is 0 Å². The Morgan fingerprint density at radius 3 is 2.81 bits per heavy atom. The first kappa shape index (κ1) is 11.5. The zero-order valence-electron chi connectivity index (χ0n) is 8.25. The third-order valence-electron chi connectivity index (χ3n) is 2.72. The number of benzene rings is 1. The average molecular weight is 246 g/mol. The van der Waals surface area contributed by atoms with Crippen LogP contribution in [-0.2, 0) is 11.2 Å². The molecule has 1 aromatic carbocycles. The molecule has 16 heavy (non-hydrogen) atoms. The summed E-state index contributed by atoms with van der Waals surface area (Å²) >= 11 is 0.373. The Balaban J connectivity index is 2.47. The minimum absolute atomic E-state index is 0.320. The second-order valence-electron chi connectivity index (χ2n) is 3.60. The zero-order valence-corrected chi connectivity index (χ0v) is 9.07. The van der Waals surface area contributed by atoms with E-state index in [4.69, 9.17) is 0 Å². The molecular formula is C11H9F3OS. The average Bonchev–Trinajstić information content (AvgIpc) is 2.66. The number of rotatable bonds is 3. The van der Waals surface area contributed by atoms with Crippen LogP contribution in [0.3, 0.4) is 0 Å². The molecule has 1 unspecified atom stereocenters. The van der Waals surface area contributed by atoms with E-state index < -0.39 is 17.5 Å². The van der Waals surface area contributed by atoms with Gasteiger partial charge >= 0.3 is 0 Å². The smallest absolute Gasteiger partial charge is 0.288 e. The van der Waals surface area contributed by atoms with Crippen LogP contribution in [0.1, 0.15) is 23.5 Å². The molecule has 0 saturated carbocycles. The molecule has 0 aliphatic heterocycles. The highest BCUT2D eigenvalue weighted by Crippen LogP contribution is 2.41. The zero-order chi connectivity index (χ0) is 11.7. The third-order valence-corrected chi connectivity index (χ3v) is 3.50. The van der Waals surface area contributed by atoms with E-state index in [1.54, 1.807) is 0 Å². The van der Waals surface area contributed by atoms with Crippen LogP contribution in [0.15, 0.2) is 17.0 Å². The second kappa shape index (κ2) is 4.49. The molecule has 1 aromatic rings. The van der Waals surface area contributed by atoms with Gasteiger partial charge in [0.25, 0.3) is 5.76 Å². The number of fused-ring (bicyclic) bond motifs is 1. The summed E-state index contributed by atoms with van der Waals surface area (Å²) in [6.07, 6.45) is 1.67. The SMILES string of the molecule is O=CC1CCc2c(F)ccc(SC(F)F)c21. The lowest BCUT2D eigenvalue weighted by atomic mass is 10.0. The number of alkyl halides is 2. The molecule has 0 spiro atoms. The highest BCUT2D eigenvalue weighted by Gasteiger charge is 2.28. The van der Waals surface area contributed by atoms with E-state index in [0.717, 1.165) is 0 Å². The maximum Gasteiger partial charge on any atom is 0.288 e. The molecule has 0 bridgehead atoms. The molecule has 0 heterocycles. The molecule has 1 aliphatic rings. The summed E-state index contributed by atoms with van der Waals surface area (Å²) in [5, 5.41) is 0. The Kier molecular flexibility index (Phi) is 3.23. The predicted molar refractivity (Wildman–Crippen MR) is 55.4 cm³/mol. The summed E-state index contributed by atoms with van der Waals surface area (Å²) < 4.78 is 38.0. The van der Waals surface area contributed by atoms with Crippen LogP contribution in [0, 0.1) is 5.82 Å². The lowest BCUT2D eigenvalue weighted by Crippen LogP contribution is -1.99. The quantitative estimate of drug-likeness (QED) is 0.601. The van der Waals surface area contributed by atoms with Gasteiger partial charge < -0.3 is 4.79 Å². The minimum atomic E-state index is -2.55. The van der Waals surface area contributed by atoms with Gasteiger partial charge in [-0.25, -0.2) is 4.39 Å². The van der Waals surface area contributed by atoms with Crippen LogP contribution in [0.2, 0.25) is 0 Å². The van der Waals surface area contributed by atoms with Gasteiger partial charge in [-0.1, -0.05) is 11.8 Å². The van der Waals surface area contributed by atoms with Gasteiger partial charge in [0.05, 0.1) is 0 Å². The number of halogens is 3. The molecular weight excluding hydrogens is 237 g/mol. The molecule has 0 N–H and O–H groups in total. The number of hydrogen-bond donors (Lipinski definition) is 0. The monoisotopic (exact) mass is 246 g/mol. The lowest BCUT2D eigenvalue weighted by Gasteiger charge is -2.11. The fraction of sp³-hybridized carbons (Fsp3) is 0.364. The first-order valence-corrected chi connectivity index (χ1v) is 5.73. The van der Waals surface area contributed by atoms with Gasteiger partial charge in [0.1, 0.15) is 12.1 Å². The van der Waals surface area contributed by atoms with Crippen molar-refractivity contribution >= 4 is 18.0 Å². The van der Waals surface area contributed by atoms with E-state index in [1.165, 1.54) is 12.1 Å². The number of hydrogen-bond acceptors (Lipinski definition) is 2. The van der Waals surface area contributed by atoms with Crippen LogP contribution < -0.4 is 0 Å². The van der Waals surface area contributed by atoms with Gasteiger partial charge in [-0.3, -0.25) is 0 Å². The summed E-state index contributed by atoms with van der Waals surface area (Å²) in [6.45, 7) is 0. The Bertz CT molecular complexity index is 420. The van der Waals surface area contributed by atoms with Crippen molar-refractivity contribution in [1.29, 1.82) is 0 Å². The van der Waals surface area contributed by atoms with Crippen molar-refractivity contribution in [3.05, 3.63) is 29.1 Å². The Labute approximate surface area is 95.0 Å². The molecule has 0 aromatic heterocycles. The van der Waals surface area contributed by atoms with Crippen molar-refractivity contribution in [2.75, 3.05) is 0 Å². The van der Waals surface area contributed by atoms with Crippen molar-refractivity contribution in [3.8, 4) is 0 Å². The molecule has 2 rings (SSSR count). The van der Waals surface area contributed by atoms with Gasteiger partial charge in [-0.2, -0.15) is 8.78 Å². The van der Waals surface area contributed by atoms with E-state index in [0.29, 0.717) is 46.9 Å². The maximum absolute atomic E-state index is 13.4. The van der Waals surface area contributed by atoms with E-state index >= 15 is 0 Å². The standard InChI is InChI=1S/C11H9F3OS/c12-8-3-4-9(16-11(13)14)10-6(5-15)1-2-7(8)10/h3-6,11H,1-2H2. The molecule has 1 nitrogen and oxygen atoms in total. The van der Waals surface area contributed by atoms with Crippen molar-refractivity contribution in [2.45, 2.75) is 29.4 Å². The Morgan fingerprint density at radius 1 is 1.44 bits per heavy atom. The van der Waals surface area contributed by atoms with Gasteiger partial charge in [0.15, 0.2) is 0 Å². The van der Waals surface area contributed by atoms with Crippen LogP contribution in [0.4, 0.5) is 13.2 Å². The summed E-state index contributed by atoms with van der Waals surface area (Å²) in [4.78, 5) is 11.1. The lowest BCUT2D eigenvalue weighted by molar-refractivity contribution is -0.109. The second-order valence-corrected chi connectivity index (χ2v) is 4.63. The number of carbonyl (C=O) groups is 1. The molecule has 86 valence electrons. The summed E-state index contributed by atoms with van der Waals surface area (Å²) in [7, 11) is 0. The van der Waals surface area contributed by atoms with Crippen LogP contribution in [0.25, 0.3) is 0 Å². The molecule has 0 fully saturated rings. The Morgan fingerprint density at radius 2 is 2.19 bits per heavy atom. The molecule has 0 radical (unpaired) electrons. The summed E-state index contributed by atoms with van der Waals surface area (Å²) in [6, 6.07) is 2.52. The molecule has 1 aliphatic carbocycles. The summed E-state index contributed by atoms with van der Waals surface area (Å²) in [5.74, 6) is -3.40. The topological polar surface area (TPSA) is 17.1 Å². The fourth-order valence-electron chi connectivity index (χ4n) is 2.06. The highest BCUT2D eigenvalue weighted by molar-refractivity contribution is 7.99. The number of thioether (sulfide) groups is 1. The molecule has 1 atom stereocenters.